The highest BCUT2D eigenvalue weighted by atomic mass is 16.5. The molecule has 0 amide bonds. The molecule has 102 valence electrons. The van der Waals surface area contributed by atoms with Gasteiger partial charge in [0.05, 0.1) is 13.2 Å². The third kappa shape index (κ3) is 3.13. The normalized spacial score (nSPS) is 11.5. The molecule has 0 bridgehead atoms. The van der Waals surface area contributed by atoms with E-state index in [2.05, 4.69) is 37.2 Å². The van der Waals surface area contributed by atoms with Gasteiger partial charge in [0.2, 0.25) is 0 Å². The van der Waals surface area contributed by atoms with Gasteiger partial charge in [0.1, 0.15) is 5.75 Å². The molecule has 1 atom stereocenters. The molecule has 0 aliphatic heterocycles. The SMILES string of the molecule is C#Cc1cccc(NC(C)c2ccc(C)cc2OC)c1. The summed E-state index contributed by atoms with van der Waals surface area (Å²) in [6.07, 6.45) is 5.43. The van der Waals surface area contributed by atoms with Crippen LogP contribution in [0.5, 0.6) is 5.75 Å². The summed E-state index contributed by atoms with van der Waals surface area (Å²) in [5.41, 5.74) is 4.20. The number of benzene rings is 2. The van der Waals surface area contributed by atoms with Crippen molar-refractivity contribution in [3.05, 3.63) is 59.2 Å². The van der Waals surface area contributed by atoms with Gasteiger partial charge in [-0.1, -0.05) is 24.1 Å². The van der Waals surface area contributed by atoms with E-state index in [4.69, 9.17) is 11.2 Å². The van der Waals surface area contributed by atoms with Crippen LogP contribution in [0, 0.1) is 19.3 Å². The molecule has 20 heavy (non-hydrogen) atoms. The summed E-state index contributed by atoms with van der Waals surface area (Å²) in [5.74, 6) is 3.55. The van der Waals surface area contributed by atoms with Crippen LogP contribution < -0.4 is 10.1 Å². The number of terminal acetylenes is 1. The molecule has 0 radical (unpaired) electrons. The van der Waals surface area contributed by atoms with Crippen LogP contribution in [0.4, 0.5) is 5.69 Å². The first-order chi connectivity index (χ1) is 9.63. The summed E-state index contributed by atoms with van der Waals surface area (Å²) < 4.78 is 5.46. The Morgan fingerprint density at radius 1 is 1.20 bits per heavy atom. The van der Waals surface area contributed by atoms with E-state index >= 15 is 0 Å². The van der Waals surface area contributed by atoms with Gasteiger partial charge >= 0.3 is 0 Å². The monoisotopic (exact) mass is 265 g/mol. The van der Waals surface area contributed by atoms with Crippen molar-refractivity contribution < 1.29 is 4.74 Å². The van der Waals surface area contributed by atoms with Crippen LogP contribution in [0.25, 0.3) is 0 Å². The molecule has 0 fully saturated rings. The molecule has 0 aromatic heterocycles. The Kier molecular flexibility index (Phi) is 4.32. The number of nitrogens with one attached hydrogen (secondary N) is 1. The maximum absolute atomic E-state index is 5.46. The second-order valence-corrected chi connectivity index (χ2v) is 4.84. The summed E-state index contributed by atoms with van der Waals surface area (Å²) in [6.45, 7) is 4.16. The molecule has 0 aliphatic carbocycles. The zero-order valence-electron chi connectivity index (χ0n) is 12.1. The standard InChI is InChI=1S/C18H19NO/c1-5-15-7-6-8-16(12-15)19-14(3)17-10-9-13(2)11-18(17)20-4/h1,6-12,14,19H,2-4H3. The lowest BCUT2D eigenvalue weighted by molar-refractivity contribution is 0.407. The first-order valence-corrected chi connectivity index (χ1v) is 6.62. The van der Waals surface area contributed by atoms with E-state index in [1.54, 1.807) is 7.11 Å². The van der Waals surface area contributed by atoms with Gasteiger partial charge in [0.15, 0.2) is 0 Å². The zero-order chi connectivity index (χ0) is 14.5. The van der Waals surface area contributed by atoms with Crippen LogP contribution in [0.3, 0.4) is 0 Å². The predicted molar refractivity (Wildman–Crippen MR) is 84.1 cm³/mol. The smallest absolute Gasteiger partial charge is 0.124 e. The van der Waals surface area contributed by atoms with Crippen molar-refractivity contribution in [1.29, 1.82) is 0 Å². The maximum atomic E-state index is 5.46. The maximum Gasteiger partial charge on any atom is 0.124 e. The van der Waals surface area contributed by atoms with Crippen molar-refractivity contribution >= 4 is 5.69 Å². The Hall–Kier alpha value is -2.40. The van der Waals surface area contributed by atoms with Gasteiger partial charge in [-0.2, -0.15) is 0 Å². The highest BCUT2D eigenvalue weighted by molar-refractivity contribution is 5.52. The molecule has 0 saturated heterocycles. The van der Waals surface area contributed by atoms with Gasteiger partial charge in [0.25, 0.3) is 0 Å². The van der Waals surface area contributed by atoms with Crippen LogP contribution in [0.2, 0.25) is 0 Å². The number of anilines is 1. The minimum Gasteiger partial charge on any atom is -0.496 e. The van der Waals surface area contributed by atoms with E-state index in [0.717, 1.165) is 22.6 Å². The van der Waals surface area contributed by atoms with Crippen molar-refractivity contribution in [2.24, 2.45) is 0 Å². The molecule has 2 heteroatoms. The third-order valence-electron chi connectivity index (χ3n) is 3.27. The summed E-state index contributed by atoms with van der Waals surface area (Å²) in [4.78, 5) is 0. The lowest BCUT2D eigenvalue weighted by atomic mass is 10.0. The highest BCUT2D eigenvalue weighted by Crippen LogP contribution is 2.28. The molecule has 2 nitrogen and oxygen atoms in total. The fourth-order valence-electron chi connectivity index (χ4n) is 2.20. The molecule has 0 heterocycles. The Labute approximate surface area is 120 Å². The fraction of sp³-hybridized carbons (Fsp3) is 0.222. The number of aryl methyl sites for hydroxylation is 1. The minimum absolute atomic E-state index is 0.138. The first kappa shape index (κ1) is 14.0. The first-order valence-electron chi connectivity index (χ1n) is 6.62. The lowest BCUT2D eigenvalue weighted by Gasteiger charge is -2.19. The van der Waals surface area contributed by atoms with Crippen molar-refractivity contribution in [3.8, 4) is 18.1 Å². The van der Waals surface area contributed by atoms with Crippen LogP contribution in [-0.2, 0) is 0 Å². The summed E-state index contributed by atoms with van der Waals surface area (Å²) in [6, 6.07) is 14.2. The number of hydrogen-bond acceptors (Lipinski definition) is 2. The summed E-state index contributed by atoms with van der Waals surface area (Å²) >= 11 is 0. The van der Waals surface area contributed by atoms with Crippen LogP contribution >= 0.6 is 0 Å². The van der Waals surface area contributed by atoms with Crippen LogP contribution in [0.15, 0.2) is 42.5 Å². The van der Waals surface area contributed by atoms with Crippen molar-refractivity contribution in [1.82, 2.24) is 0 Å². The van der Waals surface area contributed by atoms with Crippen molar-refractivity contribution in [2.45, 2.75) is 19.9 Å². The molecule has 2 aromatic rings. The topological polar surface area (TPSA) is 21.3 Å². The second kappa shape index (κ2) is 6.16. The van der Waals surface area contributed by atoms with E-state index in [0.29, 0.717) is 0 Å². The minimum atomic E-state index is 0.138. The van der Waals surface area contributed by atoms with Crippen molar-refractivity contribution in [3.63, 3.8) is 0 Å². The number of rotatable bonds is 4. The summed E-state index contributed by atoms with van der Waals surface area (Å²) in [5, 5.41) is 3.45. The molecule has 0 spiro atoms. The fourth-order valence-corrected chi connectivity index (χ4v) is 2.20. The van der Waals surface area contributed by atoms with Gasteiger partial charge in [0, 0.05) is 16.8 Å². The van der Waals surface area contributed by atoms with E-state index < -0.39 is 0 Å². The molecular weight excluding hydrogens is 246 g/mol. The van der Waals surface area contributed by atoms with E-state index in [-0.39, 0.29) is 6.04 Å². The largest absolute Gasteiger partial charge is 0.496 e. The quantitative estimate of drug-likeness (QED) is 0.838. The summed E-state index contributed by atoms with van der Waals surface area (Å²) in [7, 11) is 1.70. The lowest BCUT2D eigenvalue weighted by Crippen LogP contribution is -2.08. The predicted octanol–water partition coefficient (Wildman–Crippen LogP) is 4.16. The van der Waals surface area contributed by atoms with Crippen molar-refractivity contribution in [2.75, 3.05) is 12.4 Å². The number of hydrogen-bond donors (Lipinski definition) is 1. The molecule has 2 rings (SSSR count). The number of methoxy groups -OCH3 is 1. The highest BCUT2D eigenvalue weighted by Gasteiger charge is 2.11. The Bertz CT molecular complexity index is 640. The Morgan fingerprint density at radius 3 is 2.70 bits per heavy atom. The Morgan fingerprint density at radius 2 is 2.00 bits per heavy atom. The molecule has 2 aromatic carbocycles. The Balaban J connectivity index is 2.23. The van der Waals surface area contributed by atoms with Crippen LogP contribution in [-0.4, -0.2) is 7.11 Å². The van der Waals surface area contributed by atoms with E-state index in [1.165, 1.54) is 5.56 Å². The average Bonchev–Trinajstić information content (AvgIpc) is 2.47. The molecule has 1 unspecified atom stereocenters. The second-order valence-electron chi connectivity index (χ2n) is 4.84. The van der Waals surface area contributed by atoms with Gasteiger partial charge in [-0.15, -0.1) is 6.42 Å². The third-order valence-corrected chi connectivity index (χ3v) is 3.27. The molecule has 1 N–H and O–H groups in total. The molecular formula is C18H19NO. The number of ether oxygens (including phenoxy) is 1. The van der Waals surface area contributed by atoms with E-state index in [9.17, 15) is 0 Å². The average molecular weight is 265 g/mol. The van der Waals surface area contributed by atoms with Gasteiger partial charge < -0.3 is 10.1 Å². The van der Waals surface area contributed by atoms with Gasteiger partial charge in [-0.05, 0) is 43.7 Å². The molecule has 0 aliphatic rings. The van der Waals surface area contributed by atoms with Crippen LogP contribution in [0.1, 0.15) is 29.7 Å². The van der Waals surface area contributed by atoms with E-state index in [1.807, 2.05) is 30.3 Å². The molecule has 0 saturated carbocycles. The van der Waals surface area contributed by atoms with Gasteiger partial charge in [-0.25, -0.2) is 0 Å². The zero-order valence-corrected chi connectivity index (χ0v) is 12.1. The van der Waals surface area contributed by atoms with Gasteiger partial charge in [-0.3, -0.25) is 0 Å².